The Labute approximate surface area is 116 Å². The summed E-state index contributed by atoms with van der Waals surface area (Å²) < 4.78 is 10.9. The predicted octanol–water partition coefficient (Wildman–Crippen LogP) is 1.32. The molecule has 2 heterocycles. The number of nitrogens with two attached hydrogens (primary N) is 1. The van der Waals surface area contributed by atoms with Crippen LogP contribution < -0.4 is 26.1 Å². The minimum Gasteiger partial charge on any atom is -0.491 e. The molecule has 2 aromatic rings. The Balaban J connectivity index is 1.90. The maximum atomic E-state index is 5.63. The minimum atomic E-state index is 0.0145. The average Bonchev–Trinajstić information content (AvgIpc) is 2.90. The summed E-state index contributed by atoms with van der Waals surface area (Å²) in [4.78, 5) is 8.20. The molecule has 7 heteroatoms. The quantitative estimate of drug-likeness (QED) is 0.571. The van der Waals surface area contributed by atoms with Gasteiger partial charge in [-0.2, -0.15) is 0 Å². The highest BCUT2D eigenvalue weighted by molar-refractivity contribution is 5.64. The van der Waals surface area contributed by atoms with Gasteiger partial charge >= 0.3 is 0 Å². The van der Waals surface area contributed by atoms with Crippen LogP contribution in [0.2, 0.25) is 0 Å². The van der Waals surface area contributed by atoms with Crippen LogP contribution in [0.25, 0.3) is 0 Å². The zero-order chi connectivity index (χ0) is 13.9. The molecule has 4 N–H and O–H groups in total. The number of fused-ring (bicyclic) bond motifs is 1. The molecule has 0 fully saturated rings. The highest BCUT2D eigenvalue weighted by Gasteiger charge is 2.25. The van der Waals surface area contributed by atoms with E-state index in [1.165, 1.54) is 6.33 Å². The lowest BCUT2D eigenvalue weighted by molar-refractivity contribution is 0.339. The normalized spacial score (nSPS) is 16.2. The molecule has 104 valence electrons. The van der Waals surface area contributed by atoms with Crippen LogP contribution >= 0.6 is 0 Å². The summed E-state index contributed by atoms with van der Waals surface area (Å²) in [7, 11) is 1.55. The Bertz CT molecular complexity index is 619. The number of methoxy groups -OCH3 is 1. The number of hydrogen-bond acceptors (Lipinski definition) is 7. The number of para-hydroxylation sites is 1. The van der Waals surface area contributed by atoms with Crippen LogP contribution in [0.1, 0.15) is 11.6 Å². The van der Waals surface area contributed by atoms with Gasteiger partial charge in [0.2, 0.25) is 5.75 Å². The maximum absolute atomic E-state index is 5.63. The largest absolute Gasteiger partial charge is 0.491 e. The van der Waals surface area contributed by atoms with Crippen molar-refractivity contribution < 1.29 is 9.47 Å². The van der Waals surface area contributed by atoms with Crippen LogP contribution in [0.3, 0.4) is 0 Å². The second kappa shape index (κ2) is 5.22. The summed E-state index contributed by atoms with van der Waals surface area (Å²) in [6.45, 7) is 0.540. The van der Waals surface area contributed by atoms with Gasteiger partial charge in [-0.3, -0.25) is 0 Å². The Morgan fingerprint density at radius 3 is 2.90 bits per heavy atom. The molecule has 0 saturated heterocycles. The lowest BCUT2D eigenvalue weighted by atomic mass is 10.1. The van der Waals surface area contributed by atoms with Crippen molar-refractivity contribution in [1.82, 2.24) is 9.97 Å². The van der Waals surface area contributed by atoms with Gasteiger partial charge in [0.05, 0.1) is 13.2 Å². The van der Waals surface area contributed by atoms with E-state index in [0.29, 0.717) is 24.0 Å². The minimum absolute atomic E-state index is 0.0145. The van der Waals surface area contributed by atoms with E-state index >= 15 is 0 Å². The molecule has 0 aliphatic carbocycles. The fourth-order valence-corrected chi connectivity index (χ4v) is 2.22. The van der Waals surface area contributed by atoms with Gasteiger partial charge in [0.1, 0.15) is 18.7 Å². The van der Waals surface area contributed by atoms with Gasteiger partial charge < -0.3 is 20.2 Å². The molecule has 1 unspecified atom stereocenters. The first-order valence-electron chi connectivity index (χ1n) is 6.17. The van der Waals surface area contributed by atoms with Crippen LogP contribution in [-0.2, 0) is 0 Å². The molecule has 0 radical (unpaired) electrons. The smallest absolute Gasteiger partial charge is 0.205 e. The molecule has 3 rings (SSSR count). The average molecular weight is 273 g/mol. The standard InChI is InChI=1S/C13H15N5O2/c1-19-11-12(15-7-16-13(11)18-14)17-9-6-20-10-5-3-2-4-8(9)10/h2-5,7,9H,6,14H2,1H3,(H2,15,16,17,18). The maximum Gasteiger partial charge on any atom is 0.205 e. The molecular weight excluding hydrogens is 258 g/mol. The summed E-state index contributed by atoms with van der Waals surface area (Å²) in [5, 5.41) is 3.29. The van der Waals surface area contributed by atoms with Gasteiger partial charge in [-0.05, 0) is 6.07 Å². The third-order valence-electron chi connectivity index (χ3n) is 3.16. The van der Waals surface area contributed by atoms with Gasteiger partial charge in [-0.25, -0.2) is 15.8 Å². The number of ether oxygens (including phenoxy) is 2. The van der Waals surface area contributed by atoms with Crippen LogP contribution in [-0.4, -0.2) is 23.7 Å². The van der Waals surface area contributed by atoms with Crippen molar-refractivity contribution in [3.63, 3.8) is 0 Å². The van der Waals surface area contributed by atoms with E-state index in [1.807, 2.05) is 24.3 Å². The van der Waals surface area contributed by atoms with Gasteiger partial charge in [0, 0.05) is 5.56 Å². The van der Waals surface area contributed by atoms with Crippen molar-refractivity contribution in [1.29, 1.82) is 0 Å². The highest BCUT2D eigenvalue weighted by atomic mass is 16.5. The summed E-state index contributed by atoms with van der Waals surface area (Å²) in [6, 6.07) is 7.91. The number of nitrogens with zero attached hydrogens (tertiary/aromatic N) is 2. The molecule has 20 heavy (non-hydrogen) atoms. The SMILES string of the molecule is COc1c(NN)ncnc1NC1COc2ccccc21. The molecule has 1 aromatic heterocycles. The van der Waals surface area contributed by atoms with Gasteiger partial charge in [-0.15, -0.1) is 0 Å². The van der Waals surface area contributed by atoms with Crippen LogP contribution in [0.15, 0.2) is 30.6 Å². The number of anilines is 2. The molecule has 1 aromatic carbocycles. The van der Waals surface area contributed by atoms with E-state index in [1.54, 1.807) is 7.11 Å². The predicted molar refractivity (Wildman–Crippen MR) is 74.7 cm³/mol. The molecule has 0 spiro atoms. The molecule has 1 aliphatic heterocycles. The topological polar surface area (TPSA) is 94.3 Å². The summed E-state index contributed by atoms with van der Waals surface area (Å²) >= 11 is 0. The second-order valence-electron chi connectivity index (χ2n) is 4.29. The van der Waals surface area contributed by atoms with Crippen molar-refractivity contribution in [2.45, 2.75) is 6.04 Å². The number of nitrogens with one attached hydrogen (secondary N) is 2. The van der Waals surface area contributed by atoms with E-state index in [9.17, 15) is 0 Å². The van der Waals surface area contributed by atoms with Gasteiger partial charge in [0.25, 0.3) is 0 Å². The Hall–Kier alpha value is -2.54. The van der Waals surface area contributed by atoms with Crippen LogP contribution in [0.4, 0.5) is 11.6 Å². The monoisotopic (exact) mass is 273 g/mol. The number of rotatable bonds is 4. The van der Waals surface area contributed by atoms with Crippen LogP contribution in [0.5, 0.6) is 11.5 Å². The zero-order valence-electron chi connectivity index (χ0n) is 11.0. The number of hydrogen-bond donors (Lipinski definition) is 3. The molecule has 0 amide bonds. The number of nitrogen functional groups attached to an aromatic ring is 1. The summed E-state index contributed by atoms with van der Waals surface area (Å²) in [5.41, 5.74) is 3.58. The first kappa shape index (κ1) is 12.5. The third kappa shape index (κ3) is 2.08. The molecule has 0 bridgehead atoms. The second-order valence-corrected chi connectivity index (χ2v) is 4.29. The van der Waals surface area contributed by atoms with Crippen molar-refractivity contribution in [3.8, 4) is 11.5 Å². The van der Waals surface area contributed by atoms with Crippen molar-refractivity contribution in [2.24, 2.45) is 5.84 Å². The molecule has 0 saturated carbocycles. The Morgan fingerprint density at radius 2 is 2.10 bits per heavy atom. The summed E-state index contributed by atoms with van der Waals surface area (Å²) in [5.74, 6) is 7.76. The van der Waals surface area contributed by atoms with Crippen molar-refractivity contribution >= 4 is 11.6 Å². The van der Waals surface area contributed by atoms with E-state index in [2.05, 4.69) is 20.7 Å². The van der Waals surface area contributed by atoms with E-state index in [0.717, 1.165) is 11.3 Å². The summed E-state index contributed by atoms with van der Waals surface area (Å²) in [6.07, 6.45) is 1.42. The van der Waals surface area contributed by atoms with Crippen molar-refractivity contribution in [2.75, 3.05) is 24.5 Å². The van der Waals surface area contributed by atoms with E-state index in [-0.39, 0.29) is 6.04 Å². The van der Waals surface area contributed by atoms with E-state index in [4.69, 9.17) is 15.3 Å². The third-order valence-corrected chi connectivity index (χ3v) is 3.16. The molecular formula is C13H15N5O2. The van der Waals surface area contributed by atoms with E-state index < -0.39 is 0 Å². The molecule has 7 nitrogen and oxygen atoms in total. The van der Waals surface area contributed by atoms with Gasteiger partial charge in [-0.1, -0.05) is 18.2 Å². The van der Waals surface area contributed by atoms with Crippen LogP contribution in [0, 0.1) is 0 Å². The Morgan fingerprint density at radius 1 is 1.30 bits per heavy atom. The first-order chi connectivity index (χ1) is 9.83. The molecule has 1 aliphatic rings. The fourth-order valence-electron chi connectivity index (χ4n) is 2.22. The number of hydrazine groups is 1. The van der Waals surface area contributed by atoms with Crippen molar-refractivity contribution in [3.05, 3.63) is 36.2 Å². The fraction of sp³-hybridized carbons (Fsp3) is 0.231. The molecule has 1 atom stereocenters. The Kier molecular flexibility index (Phi) is 3.26. The number of benzene rings is 1. The number of aromatic nitrogens is 2. The zero-order valence-corrected chi connectivity index (χ0v) is 11.0. The highest BCUT2D eigenvalue weighted by Crippen LogP contribution is 2.36. The lowest BCUT2D eigenvalue weighted by Crippen LogP contribution is -2.16. The first-order valence-corrected chi connectivity index (χ1v) is 6.17. The van der Waals surface area contributed by atoms with Gasteiger partial charge in [0.15, 0.2) is 11.6 Å². The lowest BCUT2D eigenvalue weighted by Gasteiger charge is -2.16.